The van der Waals surface area contributed by atoms with Gasteiger partial charge in [-0.05, 0) is 37.6 Å². The van der Waals surface area contributed by atoms with Crippen LogP contribution in [0.3, 0.4) is 0 Å². The Balaban J connectivity index is 2.40. The highest BCUT2D eigenvalue weighted by Crippen LogP contribution is 2.19. The largest absolute Gasteiger partial charge is 0.368 e. The lowest BCUT2D eigenvalue weighted by Gasteiger charge is -2.08. The van der Waals surface area contributed by atoms with Gasteiger partial charge in [-0.25, -0.2) is 0 Å². The summed E-state index contributed by atoms with van der Waals surface area (Å²) in [5.41, 5.74) is 7.89. The SMILES string of the molecule is Cc1ccc(S/N=c2/c(Cl)c(C)ccn2CC(N)=O)cc1. The van der Waals surface area contributed by atoms with Crippen LogP contribution in [0.1, 0.15) is 11.1 Å². The third-order valence-electron chi connectivity index (χ3n) is 2.90. The van der Waals surface area contributed by atoms with Crippen molar-refractivity contribution in [1.29, 1.82) is 0 Å². The Hall–Kier alpha value is -1.72. The van der Waals surface area contributed by atoms with Crippen molar-refractivity contribution in [2.75, 3.05) is 0 Å². The second kappa shape index (κ2) is 6.83. The topological polar surface area (TPSA) is 60.4 Å². The molecule has 0 radical (unpaired) electrons. The summed E-state index contributed by atoms with van der Waals surface area (Å²) in [5, 5.41) is 0.526. The molecule has 0 aliphatic carbocycles. The fourth-order valence-corrected chi connectivity index (χ4v) is 2.64. The number of aromatic nitrogens is 1. The fourth-order valence-electron chi connectivity index (χ4n) is 1.73. The number of benzene rings is 1. The van der Waals surface area contributed by atoms with Crippen LogP contribution in [0.15, 0.2) is 45.8 Å². The molecule has 2 rings (SSSR count). The average Bonchev–Trinajstić information content (AvgIpc) is 2.44. The summed E-state index contributed by atoms with van der Waals surface area (Å²) in [6.45, 7) is 3.98. The van der Waals surface area contributed by atoms with Gasteiger partial charge in [0.25, 0.3) is 0 Å². The number of nitrogens with two attached hydrogens (primary N) is 1. The van der Waals surface area contributed by atoms with E-state index in [2.05, 4.69) is 4.40 Å². The predicted molar refractivity (Wildman–Crippen MR) is 86.0 cm³/mol. The van der Waals surface area contributed by atoms with E-state index in [4.69, 9.17) is 17.3 Å². The Bertz CT molecular complexity index is 723. The first-order chi connectivity index (χ1) is 9.97. The summed E-state index contributed by atoms with van der Waals surface area (Å²) in [7, 11) is 0. The van der Waals surface area contributed by atoms with Crippen molar-refractivity contribution in [2.24, 2.45) is 10.1 Å². The molecule has 1 amide bonds. The van der Waals surface area contributed by atoms with Gasteiger partial charge in [-0.2, -0.15) is 4.40 Å². The van der Waals surface area contributed by atoms with Crippen LogP contribution in [0.25, 0.3) is 0 Å². The van der Waals surface area contributed by atoms with Gasteiger partial charge in [-0.15, -0.1) is 0 Å². The summed E-state index contributed by atoms with van der Waals surface area (Å²) < 4.78 is 6.11. The molecule has 0 aliphatic rings. The maximum absolute atomic E-state index is 11.1. The van der Waals surface area contributed by atoms with Crippen LogP contribution in [0, 0.1) is 13.8 Å². The molecule has 4 nitrogen and oxygen atoms in total. The van der Waals surface area contributed by atoms with Gasteiger partial charge in [0.1, 0.15) is 6.54 Å². The smallest absolute Gasteiger partial charge is 0.237 e. The molecule has 21 heavy (non-hydrogen) atoms. The molecule has 110 valence electrons. The lowest BCUT2D eigenvalue weighted by molar-refractivity contribution is -0.118. The van der Waals surface area contributed by atoms with Crippen LogP contribution in [-0.2, 0) is 11.3 Å². The van der Waals surface area contributed by atoms with Crippen LogP contribution in [0.4, 0.5) is 0 Å². The molecule has 0 unspecified atom stereocenters. The number of nitrogens with zero attached hydrogens (tertiary/aromatic N) is 2. The number of amides is 1. The lowest BCUT2D eigenvalue weighted by atomic mass is 10.2. The zero-order chi connectivity index (χ0) is 15.4. The minimum Gasteiger partial charge on any atom is -0.368 e. The van der Waals surface area contributed by atoms with Crippen molar-refractivity contribution in [3.8, 4) is 0 Å². The van der Waals surface area contributed by atoms with Crippen LogP contribution in [0.2, 0.25) is 5.02 Å². The zero-order valence-electron chi connectivity index (χ0n) is 11.8. The first-order valence-electron chi connectivity index (χ1n) is 6.39. The van der Waals surface area contributed by atoms with Crippen molar-refractivity contribution in [3.05, 3.63) is 58.2 Å². The Labute approximate surface area is 132 Å². The summed E-state index contributed by atoms with van der Waals surface area (Å²) in [4.78, 5) is 12.1. The quantitative estimate of drug-likeness (QED) is 0.880. The summed E-state index contributed by atoms with van der Waals surface area (Å²) in [5.74, 6) is -0.434. The van der Waals surface area contributed by atoms with Crippen LogP contribution >= 0.6 is 23.5 Å². The summed E-state index contributed by atoms with van der Waals surface area (Å²) in [6, 6.07) is 9.86. The Morgan fingerprint density at radius 1 is 1.29 bits per heavy atom. The number of halogens is 1. The maximum Gasteiger partial charge on any atom is 0.237 e. The molecular formula is C15H16ClN3OS. The number of primary amides is 1. The predicted octanol–water partition coefficient (Wildman–Crippen LogP) is 2.85. The number of pyridine rings is 1. The van der Waals surface area contributed by atoms with E-state index in [1.807, 2.05) is 44.2 Å². The van der Waals surface area contributed by atoms with E-state index in [0.717, 1.165) is 10.5 Å². The highest BCUT2D eigenvalue weighted by molar-refractivity contribution is 7.98. The highest BCUT2D eigenvalue weighted by Gasteiger charge is 2.05. The molecular weight excluding hydrogens is 306 g/mol. The van der Waals surface area contributed by atoms with Gasteiger partial charge >= 0.3 is 0 Å². The molecule has 0 saturated heterocycles. The molecule has 2 N–H and O–H groups in total. The normalized spacial score (nSPS) is 11.7. The summed E-state index contributed by atoms with van der Waals surface area (Å²) in [6.07, 6.45) is 1.76. The molecule has 6 heteroatoms. The van der Waals surface area contributed by atoms with E-state index < -0.39 is 5.91 Å². The third kappa shape index (κ3) is 4.12. The van der Waals surface area contributed by atoms with Gasteiger partial charge in [0.15, 0.2) is 5.49 Å². The van der Waals surface area contributed by atoms with E-state index in [-0.39, 0.29) is 6.54 Å². The monoisotopic (exact) mass is 321 g/mol. The number of carbonyl (C=O) groups is 1. The van der Waals surface area contributed by atoms with Crippen molar-refractivity contribution >= 4 is 29.5 Å². The molecule has 1 aromatic heterocycles. The molecule has 0 saturated carbocycles. The molecule has 1 heterocycles. The van der Waals surface area contributed by atoms with Crippen molar-refractivity contribution in [2.45, 2.75) is 25.3 Å². The van der Waals surface area contributed by atoms with Crippen LogP contribution < -0.4 is 11.2 Å². The maximum atomic E-state index is 11.1. The van der Waals surface area contributed by atoms with Crippen LogP contribution in [0.5, 0.6) is 0 Å². The molecule has 0 spiro atoms. The van der Waals surface area contributed by atoms with E-state index >= 15 is 0 Å². The minimum absolute atomic E-state index is 0.0489. The Morgan fingerprint density at radius 3 is 2.57 bits per heavy atom. The zero-order valence-corrected chi connectivity index (χ0v) is 13.4. The van der Waals surface area contributed by atoms with Gasteiger partial charge in [0, 0.05) is 23.0 Å². The van der Waals surface area contributed by atoms with Gasteiger partial charge in [-0.3, -0.25) is 4.79 Å². The number of carbonyl (C=O) groups excluding carboxylic acids is 1. The van der Waals surface area contributed by atoms with Crippen molar-refractivity contribution in [1.82, 2.24) is 4.57 Å². The average molecular weight is 322 g/mol. The fraction of sp³-hybridized carbons (Fsp3) is 0.200. The first-order valence-corrected chi connectivity index (χ1v) is 7.54. The molecule has 2 aromatic rings. The summed E-state index contributed by atoms with van der Waals surface area (Å²) >= 11 is 7.61. The van der Waals surface area contributed by atoms with Crippen molar-refractivity contribution in [3.63, 3.8) is 0 Å². The molecule has 0 bridgehead atoms. The van der Waals surface area contributed by atoms with Gasteiger partial charge in [-0.1, -0.05) is 29.3 Å². The highest BCUT2D eigenvalue weighted by atomic mass is 35.5. The molecule has 0 aliphatic heterocycles. The van der Waals surface area contributed by atoms with Crippen LogP contribution in [-0.4, -0.2) is 10.5 Å². The standard InChI is InChI=1S/C15H16ClN3OS/c1-10-3-5-12(6-4-10)21-18-15-14(16)11(2)7-8-19(15)9-13(17)20/h3-8H,9H2,1-2H3,(H2,17,20)/b18-15-. The third-order valence-corrected chi connectivity index (χ3v) is 4.12. The Kier molecular flexibility index (Phi) is 5.09. The van der Waals surface area contributed by atoms with Gasteiger partial charge in [0.05, 0.1) is 5.02 Å². The molecule has 0 fully saturated rings. The second-order valence-corrected chi connectivity index (χ2v) is 5.94. The van der Waals surface area contributed by atoms with E-state index in [1.165, 1.54) is 17.5 Å². The molecule has 0 atom stereocenters. The van der Waals surface area contributed by atoms with E-state index in [9.17, 15) is 4.79 Å². The lowest BCUT2D eigenvalue weighted by Crippen LogP contribution is -2.28. The van der Waals surface area contributed by atoms with Gasteiger partial charge in [0.2, 0.25) is 5.91 Å². The minimum atomic E-state index is -0.434. The first kappa shape index (κ1) is 15.7. The molecule has 1 aromatic carbocycles. The van der Waals surface area contributed by atoms with Gasteiger partial charge < -0.3 is 10.3 Å². The number of rotatable bonds is 4. The van der Waals surface area contributed by atoms with E-state index in [0.29, 0.717) is 10.5 Å². The number of hydrogen-bond acceptors (Lipinski definition) is 3. The second-order valence-electron chi connectivity index (χ2n) is 4.73. The number of aryl methyl sites for hydroxylation is 2. The number of hydrogen-bond donors (Lipinski definition) is 1. The Morgan fingerprint density at radius 2 is 1.95 bits per heavy atom. The van der Waals surface area contributed by atoms with Crippen molar-refractivity contribution < 1.29 is 4.79 Å². The van der Waals surface area contributed by atoms with E-state index in [1.54, 1.807) is 10.8 Å².